The number of carbonyl (C=O) groups excluding carboxylic acids is 2. The van der Waals surface area contributed by atoms with Crippen LogP contribution in [0.1, 0.15) is 136 Å². The lowest BCUT2D eigenvalue weighted by atomic mass is 10.1. The van der Waals surface area contributed by atoms with Crippen LogP contribution in [0.2, 0.25) is 0 Å². The number of ether oxygens (including phenoxy) is 2. The molecular weight excluding hydrogens is 635 g/mol. The second-order valence-corrected chi connectivity index (χ2v) is 13.4. The normalized spacial score (nSPS) is 14.7. The second-order valence-electron chi connectivity index (χ2n) is 11.9. The summed E-state index contributed by atoms with van der Waals surface area (Å²) in [5, 5.41) is 18.2. The molecule has 0 aromatic rings. The van der Waals surface area contributed by atoms with Gasteiger partial charge in [-0.25, -0.2) is 4.57 Å². The molecule has 0 saturated heterocycles. The van der Waals surface area contributed by atoms with Crippen LogP contribution in [-0.4, -0.2) is 65.7 Å². The lowest BCUT2D eigenvalue weighted by molar-refractivity contribution is -0.161. The molecule has 0 aromatic carbocycles. The van der Waals surface area contributed by atoms with Gasteiger partial charge in [0.15, 0.2) is 6.10 Å². The Hall–Kier alpha value is -2.07. The molecule has 0 radical (unpaired) electrons. The van der Waals surface area contributed by atoms with Gasteiger partial charge >= 0.3 is 19.8 Å². The van der Waals surface area contributed by atoms with Crippen molar-refractivity contribution in [3.05, 3.63) is 48.6 Å². The number of unbranched alkanes of at least 4 members (excludes halogenated alkanes) is 11. The van der Waals surface area contributed by atoms with Crippen molar-refractivity contribution in [1.82, 2.24) is 0 Å². The summed E-state index contributed by atoms with van der Waals surface area (Å²) in [5.74, 6) is -1.000. The number of aliphatic hydroxyl groups excluding tert-OH is 2. The predicted octanol–water partition coefficient (Wildman–Crippen LogP) is 8.60. The van der Waals surface area contributed by atoms with E-state index in [4.69, 9.17) is 19.1 Å². The van der Waals surface area contributed by atoms with Crippen molar-refractivity contribution < 1.29 is 47.8 Å². The van der Waals surface area contributed by atoms with Gasteiger partial charge in [-0.1, -0.05) is 120 Å². The molecule has 48 heavy (non-hydrogen) atoms. The topological polar surface area (TPSA) is 149 Å². The first-order valence-corrected chi connectivity index (χ1v) is 19.6. The Morgan fingerprint density at radius 3 is 1.69 bits per heavy atom. The minimum atomic E-state index is -4.62. The Bertz CT molecular complexity index is 946. The highest BCUT2D eigenvalue weighted by atomic mass is 31.2. The number of carbonyl (C=O) groups is 2. The van der Waals surface area contributed by atoms with E-state index in [2.05, 4.69) is 54.8 Å². The first kappa shape index (κ1) is 45.9. The highest BCUT2D eigenvalue weighted by Crippen LogP contribution is 2.43. The van der Waals surface area contributed by atoms with Crippen molar-refractivity contribution in [2.75, 3.05) is 26.4 Å². The summed E-state index contributed by atoms with van der Waals surface area (Å²) in [4.78, 5) is 34.6. The van der Waals surface area contributed by atoms with Gasteiger partial charge in [0.25, 0.3) is 0 Å². The van der Waals surface area contributed by atoms with Crippen LogP contribution < -0.4 is 0 Å². The number of hydrogen-bond donors (Lipinski definition) is 3. The number of phosphoric acid groups is 1. The number of hydrogen-bond acceptors (Lipinski definition) is 9. The summed E-state index contributed by atoms with van der Waals surface area (Å²) in [6.45, 7) is 2.22. The summed E-state index contributed by atoms with van der Waals surface area (Å²) in [7, 11) is -4.62. The molecule has 0 saturated carbocycles. The van der Waals surface area contributed by atoms with Crippen molar-refractivity contribution in [3.63, 3.8) is 0 Å². The van der Waals surface area contributed by atoms with Gasteiger partial charge in [-0.2, -0.15) is 0 Å². The van der Waals surface area contributed by atoms with Crippen LogP contribution in [0.3, 0.4) is 0 Å². The lowest BCUT2D eigenvalue weighted by Crippen LogP contribution is -2.29. The largest absolute Gasteiger partial charge is 0.472 e. The molecule has 0 aliphatic rings. The van der Waals surface area contributed by atoms with Gasteiger partial charge in [-0.15, -0.1) is 0 Å². The fourth-order valence-electron chi connectivity index (χ4n) is 4.39. The molecule has 0 heterocycles. The van der Waals surface area contributed by atoms with E-state index in [1.807, 2.05) is 12.2 Å². The lowest BCUT2D eigenvalue weighted by Gasteiger charge is -2.20. The zero-order valence-corrected chi connectivity index (χ0v) is 30.6. The molecule has 1 unspecified atom stereocenters. The van der Waals surface area contributed by atoms with E-state index in [1.165, 1.54) is 44.9 Å². The van der Waals surface area contributed by atoms with E-state index < -0.39 is 51.8 Å². The molecule has 278 valence electrons. The molecule has 3 atom stereocenters. The Labute approximate surface area is 290 Å². The Morgan fingerprint density at radius 1 is 0.625 bits per heavy atom. The van der Waals surface area contributed by atoms with Crippen LogP contribution in [0.5, 0.6) is 0 Å². The van der Waals surface area contributed by atoms with Crippen molar-refractivity contribution in [2.45, 2.75) is 148 Å². The summed E-state index contributed by atoms with van der Waals surface area (Å²) < 4.78 is 32.4. The zero-order chi connectivity index (χ0) is 35.6. The molecule has 0 aliphatic carbocycles. The number of aliphatic hydroxyl groups is 2. The highest BCUT2D eigenvalue weighted by Gasteiger charge is 2.27. The van der Waals surface area contributed by atoms with E-state index in [0.717, 1.165) is 44.9 Å². The maximum atomic E-state index is 12.5. The van der Waals surface area contributed by atoms with Gasteiger partial charge in [0.2, 0.25) is 0 Å². The van der Waals surface area contributed by atoms with Crippen LogP contribution in [0.25, 0.3) is 0 Å². The molecule has 11 heteroatoms. The number of phosphoric ester groups is 1. The van der Waals surface area contributed by atoms with Gasteiger partial charge in [0, 0.05) is 12.8 Å². The van der Waals surface area contributed by atoms with Crippen LogP contribution in [0.15, 0.2) is 48.6 Å². The molecule has 0 rings (SSSR count). The number of allylic oxidation sites excluding steroid dienone is 8. The summed E-state index contributed by atoms with van der Waals surface area (Å²) in [5.41, 5.74) is 0. The van der Waals surface area contributed by atoms with Gasteiger partial charge < -0.3 is 24.6 Å². The molecule has 0 spiro atoms. The number of rotatable bonds is 33. The minimum absolute atomic E-state index is 0.108. The van der Waals surface area contributed by atoms with E-state index in [-0.39, 0.29) is 19.4 Å². The minimum Gasteiger partial charge on any atom is -0.462 e. The van der Waals surface area contributed by atoms with E-state index in [1.54, 1.807) is 0 Å². The predicted molar refractivity (Wildman–Crippen MR) is 191 cm³/mol. The quantitative estimate of drug-likeness (QED) is 0.0263. The SMILES string of the molecule is CCCCC/C=C/C/C=C/C/C=C/C/C=C/CCCC(=O)O[C@H](COC(=O)CCCCCCCCCC)COP(=O)(O)OC[C@@H](O)CO. The Kier molecular flexibility index (Phi) is 32.0. The highest BCUT2D eigenvalue weighted by molar-refractivity contribution is 7.47. The van der Waals surface area contributed by atoms with E-state index >= 15 is 0 Å². The molecule has 0 fully saturated rings. The van der Waals surface area contributed by atoms with Gasteiger partial charge in [0.1, 0.15) is 12.7 Å². The first-order chi connectivity index (χ1) is 23.2. The van der Waals surface area contributed by atoms with Gasteiger partial charge in [-0.3, -0.25) is 18.6 Å². The van der Waals surface area contributed by atoms with Crippen molar-refractivity contribution in [2.24, 2.45) is 0 Å². The van der Waals surface area contributed by atoms with Crippen molar-refractivity contribution >= 4 is 19.8 Å². The van der Waals surface area contributed by atoms with Gasteiger partial charge in [0.05, 0.1) is 19.8 Å². The van der Waals surface area contributed by atoms with E-state index in [9.17, 15) is 24.2 Å². The van der Waals surface area contributed by atoms with Crippen molar-refractivity contribution in [3.8, 4) is 0 Å². The monoisotopic (exact) mass is 700 g/mol. The van der Waals surface area contributed by atoms with Crippen molar-refractivity contribution in [1.29, 1.82) is 0 Å². The molecule has 3 N–H and O–H groups in total. The molecule has 0 amide bonds. The molecular formula is C37H65O10P. The zero-order valence-electron chi connectivity index (χ0n) is 29.7. The average Bonchev–Trinajstić information content (AvgIpc) is 3.07. The summed E-state index contributed by atoms with van der Waals surface area (Å²) in [6.07, 6.45) is 32.5. The number of esters is 2. The Morgan fingerprint density at radius 2 is 1.10 bits per heavy atom. The molecule has 0 aromatic heterocycles. The maximum absolute atomic E-state index is 12.5. The summed E-state index contributed by atoms with van der Waals surface area (Å²) >= 11 is 0. The fourth-order valence-corrected chi connectivity index (χ4v) is 5.18. The van der Waals surface area contributed by atoms with Crippen LogP contribution in [0, 0.1) is 0 Å². The third-order valence-corrected chi connectivity index (χ3v) is 8.19. The second kappa shape index (κ2) is 33.4. The standard InChI is InChI=1S/C37H65O10P/c1-3-5-7-9-11-13-14-15-16-17-18-19-20-21-23-25-27-29-37(41)47-35(33-46-48(42,43)45-31-34(39)30-38)32-44-36(40)28-26-24-22-12-10-8-6-4-2/h11,13,15-16,18-19,21,23,34-35,38-39H,3-10,12,14,17,20,22,24-33H2,1-2H3,(H,42,43)/b13-11+,16-15+,19-18+,23-21+/t34-,35+/m0/s1. The third-order valence-electron chi connectivity index (χ3n) is 7.24. The van der Waals surface area contributed by atoms with Gasteiger partial charge in [-0.05, 0) is 51.4 Å². The van der Waals surface area contributed by atoms with E-state index in [0.29, 0.717) is 19.3 Å². The Balaban J connectivity index is 4.49. The van der Waals surface area contributed by atoms with Crippen LogP contribution >= 0.6 is 7.82 Å². The van der Waals surface area contributed by atoms with Crippen LogP contribution in [0.4, 0.5) is 0 Å². The maximum Gasteiger partial charge on any atom is 0.472 e. The molecule has 0 bridgehead atoms. The average molecular weight is 701 g/mol. The molecule has 0 aliphatic heterocycles. The fraction of sp³-hybridized carbons (Fsp3) is 0.730. The molecule has 10 nitrogen and oxygen atoms in total. The van der Waals surface area contributed by atoms with Crippen LogP contribution in [-0.2, 0) is 32.7 Å². The summed E-state index contributed by atoms with van der Waals surface area (Å²) in [6, 6.07) is 0. The third kappa shape index (κ3) is 32.5. The smallest absolute Gasteiger partial charge is 0.462 e. The first-order valence-electron chi connectivity index (χ1n) is 18.1.